The maximum absolute atomic E-state index is 13.5. The van der Waals surface area contributed by atoms with E-state index in [-0.39, 0.29) is 25.8 Å². The first kappa shape index (κ1) is 29.6. The van der Waals surface area contributed by atoms with E-state index in [1.165, 1.54) is 0 Å². The van der Waals surface area contributed by atoms with Gasteiger partial charge in [-0.3, -0.25) is 4.90 Å². The van der Waals surface area contributed by atoms with Crippen molar-refractivity contribution in [1.82, 2.24) is 14.8 Å². The van der Waals surface area contributed by atoms with Crippen LogP contribution >= 0.6 is 0 Å². The number of carbonyl (C=O) groups is 3. The van der Waals surface area contributed by atoms with E-state index >= 15 is 0 Å². The van der Waals surface area contributed by atoms with E-state index in [9.17, 15) is 19.5 Å². The van der Waals surface area contributed by atoms with E-state index in [2.05, 4.69) is 4.98 Å². The van der Waals surface area contributed by atoms with Crippen molar-refractivity contribution in [3.63, 3.8) is 0 Å². The zero-order valence-electron chi connectivity index (χ0n) is 24.6. The molecule has 0 spiro atoms. The lowest BCUT2D eigenvalue weighted by Gasteiger charge is -2.50. The van der Waals surface area contributed by atoms with Crippen molar-refractivity contribution in [3.05, 3.63) is 29.5 Å². The average Bonchev–Trinajstić information content (AvgIpc) is 3.27. The first-order valence-electron chi connectivity index (χ1n) is 14.0. The summed E-state index contributed by atoms with van der Waals surface area (Å²) >= 11 is 0. The molecule has 220 valence electrons. The summed E-state index contributed by atoms with van der Waals surface area (Å²) in [5.41, 5.74) is 0.350. The molecule has 4 rings (SSSR count). The minimum Gasteiger partial charge on any atom is -0.463 e. The highest BCUT2D eigenvalue weighted by Crippen LogP contribution is 2.40. The van der Waals surface area contributed by atoms with Crippen LogP contribution in [-0.4, -0.2) is 100 Å². The highest BCUT2D eigenvalue weighted by Gasteiger charge is 2.49. The molecule has 3 aliphatic heterocycles. The first-order valence-corrected chi connectivity index (χ1v) is 14.0. The van der Waals surface area contributed by atoms with Gasteiger partial charge in [-0.25, -0.2) is 19.4 Å². The number of rotatable bonds is 4. The number of nitrogens with zero attached hydrogens (tertiary/aromatic N) is 4. The number of piperazine rings is 1. The van der Waals surface area contributed by atoms with Crippen molar-refractivity contribution < 1.29 is 33.7 Å². The lowest BCUT2D eigenvalue weighted by molar-refractivity contribution is -0.140. The van der Waals surface area contributed by atoms with Crippen LogP contribution in [0.1, 0.15) is 66.9 Å². The monoisotopic (exact) mass is 558 g/mol. The number of amides is 2. The minimum absolute atomic E-state index is 0.0550. The highest BCUT2D eigenvalue weighted by atomic mass is 16.6. The summed E-state index contributed by atoms with van der Waals surface area (Å²) in [6.45, 7) is 14.2. The first-order chi connectivity index (χ1) is 18.7. The van der Waals surface area contributed by atoms with Crippen LogP contribution in [0.25, 0.3) is 5.57 Å². The molecule has 1 aromatic heterocycles. The lowest BCUT2D eigenvalue weighted by Crippen LogP contribution is -2.65. The number of β-amino-alcohol motifs (C(OH)–C–C–N with tert-alkyl or cyclic N) is 1. The van der Waals surface area contributed by atoms with Crippen molar-refractivity contribution in [1.29, 1.82) is 0 Å². The SMILES string of the molecule is CCOC(=O)C1=C(c2ccc(N3CC[C@H](O)C3)nc2)C[C@@H]2CN(C(=O)OC(C)(C)C)C[C@H]1N2C(=O)OC(C)(C)C. The largest absolute Gasteiger partial charge is 0.463 e. The van der Waals surface area contributed by atoms with Gasteiger partial charge in [-0.15, -0.1) is 0 Å². The third-order valence-electron chi connectivity index (χ3n) is 6.99. The second-order valence-corrected chi connectivity index (χ2v) is 12.6. The van der Waals surface area contributed by atoms with Gasteiger partial charge in [0.25, 0.3) is 0 Å². The fraction of sp³-hybridized carbons (Fsp3) is 0.655. The Morgan fingerprint density at radius 1 is 1.00 bits per heavy atom. The molecule has 0 saturated carbocycles. The predicted molar refractivity (Wildman–Crippen MR) is 149 cm³/mol. The van der Waals surface area contributed by atoms with Crippen LogP contribution < -0.4 is 4.90 Å². The molecule has 4 heterocycles. The summed E-state index contributed by atoms with van der Waals surface area (Å²) in [6.07, 6.45) is 1.29. The van der Waals surface area contributed by atoms with E-state index in [4.69, 9.17) is 14.2 Å². The Morgan fingerprint density at radius 3 is 2.23 bits per heavy atom. The summed E-state index contributed by atoms with van der Waals surface area (Å²) in [7, 11) is 0. The van der Waals surface area contributed by atoms with E-state index in [1.54, 1.807) is 64.5 Å². The number of pyridine rings is 1. The van der Waals surface area contributed by atoms with Crippen LogP contribution in [0.2, 0.25) is 0 Å². The molecule has 0 aliphatic carbocycles. The van der Waals surface area contributed by atoms with Gasteiger partial charge in [0.15, 0.2) is 0 Å². The second-order valence-electron chi connectivity index (χ2n) is 12.6. The molecule has 1 N–H and O–H groups in total. The van der Waals surface area contributed by atoms with Gasteiger partial charge in [0, 0.05) is 32.4 Å². The van der Waals surface area contributed by atoms with Gasteiger partial charge in [-0.2, -0.15) is 0 Å². The summed E-state index contributed by atoms with van der Waals surface area (Å²) in [5, 5.41) is 9.91. The maximum atomic E-state index is 13.5. The molecule has 11 heteroatoms. The van der Waals surface area contributed by atoms with Crippen LogP contribution in [0.3, 0.4) is 0 Å². The normalized spacial score (nSPS) is 23.3. The smallest absolute Gasteiger partial charge is 0.411 e. The fourth-order valence-corrected chi connectivity index (χ4v) is 5.42. The highest BCUT2D eigenvalue weighted by molar-refractivity contribution is 6.01. The van der Waals surface area contributed by atoms with E-state index in [0.29, 0.717) is 25.0 Å². The number of anilines is 1. The molecular formula is C29H42N4O7. The molecule has 2 fully saturated rings. The fourth-order valence-electron chi connectivity index (χ4n) is 5.42. The zero-order valence-corrected chi connectivity index (χ0v) is 24.6. The minimum atomic E-state index is -0.794. The standard InChI is InChI=1S/C29H42N4O7/c1-8-38-25(35)24-21(18-9-10-23(30-14-18)31-12-11-20(34)16-31)13-19-15-32(26(36)39-28(2,3)4)17-22(24)33(19)27(37)40-29(5,6)7/h9-10,14,19-20,22,34H,8,11-13,15-17H2,1-7H3/t19-,20+,22-/m1/s1. The third kappa shape index (κ3) is 6.68. The van der Waals surface area contributed by atoms with Crippen molar-refractivity contribution in [3.8, 4) is 0 Å². The molecule has 3 aliphatic rings. The Hall–Kier alpha value is -3.34. The molecule has 0 radical (unpaired) electrons. The Kier molecular flexibility index (Phi) is 8.35. The number of aromatic nitrogens is 1. The predicted octanol–water partition coefficient (Wildman–Crippen LogP) is 3.60. The van der Waals surface area contributed by atoms with Gasteiger partial charge in [0.05, 0.1) is 30.4 Å². The number of hydrogen-bond donors (Lipinski definition) is 1. The number of aliphatic hydroxyl groups excluding tert-OH is 1. The molecule has 0 aromatic carbocycles. The van der Waals surface area contributed by atoms with Crippen LogP contribution in [0.5, 0.6) is 0 Å². The Morgan fingerprint density at radius 2 is 1.68 bits per heavy atom. The lowest BCUT2D eigenvalue weighted by atomic mass is 9.82. The topological polar surface area (TPSA) is 122 Å². The van der Waals surface area contributed by atoms with E-state index in [1.807, 2.05) is 17.0 Å². The number of esters is 1. The summed E-state index contributed by atoms with van der Waals surface area (Å²) in [6, 6.07) is 2.54. The maximum Gasteiger partial charge on any atom is 0.411 e. The zero-order chi connectivity index (χ0) is 29.4. The molecule has 2 amide bonds. The molecule has 11 nitrogen and oxygen atoms in total. The molecular weight excluding hydrogens is 516 g/mol. The number of hydrogen-bond acceptors (Lipinski definition) is 9. The quantitative estimate of drug-likeness (QED) is 0.436. The van der Waals surface area contributed by atoms with Crippen molar-refractivity contribution >= 4 is 29.5 Å². The second kappa shape index (κ2) is 11.3. The van der Waals surface area contributed by atoms with Crippen molar-refractivity contribution in [2.45, 2.75) is 90.7 Å². The van der Waals surface area contributed by atoms with Crippen LogP contribution in [0, 0.1) is 0 Å². The number of ether oxygens (including phenoxy) is 3. The Labute approximate surface area is 236 Å². The average molecular weight is 559 g/mol. The number of aliphatic hydroxyl groups is 1. The van der Waals surface area contributed by atoms with Gasteiger partial charge in [0.2, 0.25) is 0 Å². The molecule has 2 saturated heterocycles. The summed E-state index contributed by atoms with van der Waals surface area (Å²) in [5.74, 6) is 0.202. The molecule has 3 atom stereocenters. The molecule has 40 heavy (non-hydrogen) atoms. The van der Waals surface area contributed by atoms with Gasteiger partial charge in [-0.1, -0.05) is 0 Å². The van der Waals surface area contributed by atoms with E-state index < -0.39 is 41.4 Å². The number of carbonyl (C=O) groups excluding carboxylic acids is 3. The third-order valence-corrected chi connectivity index (χ3v) is 6.99. The van der Waals surface area contributed by atoms with Crippen LogP contribution in [-0.2, 0) is 19.0 Å². The van der Waals surface area contributed by atoms with Crippen molar-refractivity contribution in [2.75, 3.05) is 37.7 Å². The van der Waals surface area contributed by atoms with Crippen LogP contribution in [0.15, 0.2) is 23.9 Å². The Bertz CT molecular complexity index is 1150. The number of fused-ring (bicyclic) bond motifs is 2. The van der Waals surface area contributed by atoms with Crippen molar-refractivity contribution in [2.24, 2.45) is 0 Å². The molecule has 2 bridgehead atoms. The molecule has 0 unspecified atom stereocenters. The molecule has 1 aromatic rings. The summed E-state index contributed by atoms with van der Waals surface area (Å²) in [4.78, 5) is 49.9. The van der Waals surface area contributed by atoms with Gasteiger partial charge in [0.1, 0.15) is 17.0 Å². The van der Waals surface area contributed by atoms with E-state index in [0.717, 1.165) is 23.5 Å². The summed E-state index contributed by atoms with van der Waals surface area (Å²) < 4.78 is 16.8. The van der Waals surface area contributed by atoms with Gasteiger partial charge in [-0.05, 0) is 84.6 Å². The van der Waals surface area contributed by atoms with Gasteiger partial charge < -0.3 is 29.1 Å². The van der Waals surface area contributed by atoms with Gasteiger partial charge >= 0.3 is 18.2 Å². The Balaban J connectivity index is 1.75. The van der Waals surface area contributed by atoms with Crippen LogP contribution in [0.4, 0.5) is 15.4 Å².